The number of hydrogen-bond donors (Lipinski definition) is 4. The van der Waals surface area contributed by atoms with Gasteiger partial charge in [-0.2, -0.15) is 0 Å². The molecule has 4 N–H and O–H groups in total. The Morgan fingerprint density at radius 3 is 0.820 bits per heavy atom. The average Bonchev–Trinajstić information content (AvgIpc) is 3.56. The van der Waals surface area contributed by atoms with Gasteiger partial charge in [-0.05, 0) is 145 Å². The molecule has 1 aliphatic rings. The number of aryl methyl sites for hydroxylation is 4. The zero-order valence-electron chi connectivity index (χ0n) is 34.7. The van der Waals surface area contributed by atoms with Crippen molar-refractivity contribution in [2.24, 2.45) is 0 Å². The number of hydrogen-bond acceptors (Lipinski definition) is 6. The molecule has 0 aliphatic heterocycles. The van der Waals surface area contributed by atoms with E-state index in [1.165, 1.54) is 22.3 Å². The summed E-state index contributed by atoms with van der Waals surface area (Å²) in [6.07, 6.45) is 0. The highest BCUT2D eigenvalue weighted by Gasteiger charge is 2.47. The quantitative estimate of drug-likeness (QED) is 0.103. The molecule has 0 unspecified atom stereocenters. The van der Waals surface area contributed by atoms with Gasteiger partial charge in [0, 0.05) is 34.1 Å². The first-order valence-corrected chi connectivity index (χ1v) is 20.6. The molecule has 298 valence electrons. The third kappa shape index (κ3) is 7.24. The van der Waals surface area contributed by atoms with Crippen LogP contribution in [0.3, 0.4) is 0 Å². The minimum atomic E-state index is -1.69. The Balaban J connectivity index is 1.27. The van der Waals surface area contributed by atoms with Crippen molar-refractivity contribution in [1.82, 2.24) is 0 Å². The van der Waals surface area contributed by atoms with Gasteiger partial charge in [0.15, 0.2) is 0 Å². The lowest BCUT2D eigenvalue weighted by Gasteiger charge is -2.35. The van der Waals surface area contributed by atoms with Crippen molar-refractivity contribution < 1.29 is 20.1 Å². The van der Waals surface area contributed by atoms with Gasteiger partial charge in [0.25, 0.3) is 0 Å². The normalized spacial score (nSPS) is 12.4. The first-order chi connectivity index (χ1) is 29.5. The first kappa shape index (κ1) is 39.8. The second kappa shape index (κ2) is 16.1. The molecule has 8 aromatic carbocycles. The second-order valence-corrected chi connectivity index (χ2v) is 16.2. The van der Waals surface area contributed by atoms with Crippen LogP contribution in [0, 0.1) is 27.7 Å². The topological polar surface area (TPSA) is 87.4 Å². The van der Waals surface area contributed by atoms with E-state index in [-0.39, 0.29) is 0 Å². The molecule has 0 saturated carbocycles. The van der Waals surface area contributed by atoms with Crippen LogP contribution in [0.4, 0.5) is 34.1 Å². The van der Waals surface area contributed by atoms with Crippen LogP contribution in [0.25, 0.3) is 11.1 Å². The third-order valence-electron chi connectivity index (χ3n) is 12.1. The third-order valence-corrected chi connectivity index (χ3v) is 12.1. The summed E-state index contributed by atoms with van der Waals surface area (Å²) < 4.78 is 0. The second-order valence-electron chi connectivity index (χ2n) is 16.2. The number of anilines is 6. The average molecular weight is 797 g/mol. The van der Waals surface area contributed by atoms with Gasteiger partial charge in [0.2, 0.25) is 0 Å². The minimum absolute atomic E-state index is 0.362. The van der Waals surface area contributed by atoms with Crippen LogP contribution in [-0.4, -0.2) is 34.3 Å². The van der Waals surface area contributed by atoms with Crippen LogP contribution in [-0.2, 0) is 5.41 Å². The Morgan fingerprint density at radius 2 is 0.574 bits per heavy atom. The zero-order chi connectivity index (χ0) is 42.4. The number of rotatable bonds is 10. The Kier molecular flexibility index (Phi) is 10.5. The minimum Gasteiger partial charge on any atom is -0.423 e. The Morgan fingerprint density at radius 1 is 0.328 bits per heavy atom. The molecule has 1 aliphatic carbocycles. The van der Waals surface area contributed by atoms with Crippen molar-refractivity contribution in [2.45, 2.75) is 33.1 Å². The molecular weight excluding hydrogens is 750 g/mol. The molecule has 0 spiro atoms. The van der Waals surface area contributed by atoms with Crippen molar-refractivity contribution in [3.63, 3.8) is 0 Å². The predicted octanol–water partition coefficient (Wildman–Crippen LogP) is 9.58. The van der Waals surface area contributed by atoms with Gasteiger partial charge in [-0.1, -0.05) is 131 Å². The summed E-state index contributed by atoms with van der Waals surface area (Å²) in [6, 6.07) is 62.3. The highest BCUT2D eigenvalue weighted by molar-refractivity contribution is 6.59. The summed E-state index contributed by atoms with van der Waals surface area (Å²) in [5.41, 5.74) is 15.9. The smallest absolute Gasteiger partial charge is 0.423 e. The van der Waals surface area contributed by atoms with Gasteiger partial charge in [-0.25, -0.2) is 0 Å². The van der Waals surface area contributed by atoms with Crippen LogP contribution in [0.5, 0.6) is 0 Å². The first-order valence-electron chi connectivity index (χ1n) is 20.6. The number of benzene rings is 8. The van der Waals surface area contributed by atoms with E-state index in [2.05, 4.69) is 183 Å². The predicted molar refractivity (Wildman–Crippen MR) is 252 cm³/mol. The summed E-state index contributed by atoms with van der Waals surface area (Å²) in [5.74, 6) is 0. The summed E-state index contributed by atoms with van der Waals surface area (Å²) in [4.78, 5) is 4.48. The SMILES string of the molecule is Cc1ccc(N(c2ccc(C)cc2)c2ccc(C3(c4ccc(N(c5ccc(C)cc5)c5ccc(C)cc5)cc4)c4cc(B(O)O)ccc4-c4ccc(B(O)O)cc43)cc2)cc1. The zero-order valence-corrected chi connectivity index (χ0v) is 34.7. The van der Waals surface area contributed by atoms with Crippen molar-refractivity contribution >= 4 is 59.3 Å². The van der Waals surface area contributed by atoms with Gasteiger partial charge in [0.1, 0.15) is 0 Å². The highest BCUT2D eigenvalue weighted by Crippen LogP contribution is 2.56. The summed E-state index contributed by atoms with van der Waals surface area (Å²) in [7, 11) is -3.39. The molecule has 0 amide bonds. The summed E-state index contributed by atoms with van der Waals surface area (Å²) in [5, 5.41) is 42.3. The Hall–Kier alpha value is -6.67. The van der Waals surface area contributed by atoms with Gasteiger partial charge < -0.3 is 29.9 Å². The van der Waals surface area contributed by atoms with E-state index in [0.29, 0.717) is 10.9 Å². The van der Waals surface area contributed by atoms with E-state index in [1.807, 2.05) is 24.3 Å². The van der Waals surface area contributed by atoms with E-state index < -0.39 is 19.7 Å². The van der Waals surface area contributed by atoms with Crippen LogP contribution in [0.1, 0.15) is 44.5 Å². The fourth-order valence-electron chi connectivity index (χ4n) is 8.86. The molecule has 6 nitrogen and oxygen atoms in total. The van der Waals surface area contributed by atoms with Gasteiger partial charge in [-0.3, -0.25) is 0 Å². The maximum absolute atomic E-state index is 10.6. The molecule has 0 heterocycles. The van der Waals surface area contributed by atoms with Crippen LogP contribution in [0.2, 0.25) is 0 Å². The van der Waals surface area contributed by atoms with Crippen molar-refractivity contribution in [1.29, 1.82) is 0 Å². The van der Waals surface area contributed by atoms with E-state index in [4.69, 9.17) is 0 Å². The van der Waals surface area contributed by atoms with E-state index >= 15 is 0 Å². The molecule has 9 rings (SSSR count). The van der Waals surface area contributed by atoms with Crippen molar-refractivity contribution in [3.05, 3.63) is 226 Å². The molecule has 0 fully saturated rings. The molecule has 61 heavy (non-hydrogen) atoms. The number of fused-ring (bicyclic) bond motifs is 3. The molecule has 0 atom stereocenters. The lowest BCUT2D eigenvalue weighted by atomic mass is 9.65. The lowest BCUT2D eigenvalue weighted by Crippen LogP contribution is -2.35. The summed E-state index contributed by atoms with van der Waals surface area (Å²) >= 11 is 0. The van der Waals surface area contributed by atoms with Gasteiger partial charge in [-0.15, -0.1) is 0 Å². The Bertz CT molecular complexity index is 2540. The van der Waals surface area contributed by atoms with Crippen LogP contribution < -0.4 is 20.7 Å². The van der Waals surface area contributed by atoms with E-state index in [1.54, 1.807) is 12.1 Å². The molecular formula is C53H46B2N2O4. The fraction of sp³-hybridized carbons (Fsp3) is 0.0943. The van der Waals surface area contributed by atoms with E-state index in [0.717, 1.165) is 67.5 Å². The van der Waals surface area contributed by atoms with Crippen molar-refractivity contribution in [2.75, 3.05) is 9.80 Å². The molecule has 8 heteroatoms. The maximum Gasteiger partial charge on any atom is 0.488 e. The lowest BCUT2D eigenvalue weighted by molar-refractivity contribution is 0.424. The standard InChI is InChI=1S/C53H46B2N2O4/c1-35-5-19-43(20-6-35)56(44-21-7-36(2)8-22-44)47-27-13-39(14-28-47)53(51-33-41(54(58)59)17-31-49(51)50-32-18-42(55(60)61)34-52(50)53)40-15-29-48(30-16-40)57(45-23-9-37(3)10-24-45)46-25-11-38(4)12-26-46/h5-34,58-61H,1-4H3. The molecule has 0 bridgehead atoms. The summed E-state index contributed by atoms with van der Waals surface area (Å²) in [6.45, 7) is 8.35. The van der Waals surface area contributed by atoms with E-state index in [9.17, 15) is 20.1 Å². The molecule has 0 saturated heterocycles. The van der Waals surface area contributed by atoms with Crippen molar-refractivity contribution in [3.8, 4) is 11.1 Å². The molecule has 8 aromatic rings. The largest absolute Gasteiger partial charge is 0.488 e. The fourth-order valence-corrected chi connectivity index (χ4v) is 8.86. The van der Waals surface area contributed by atoms with Crippen LogP contribution >= 0.6 is 0 Å². The molecule has 0 radical (unpaired) electrons. The monoisotopic (exact) mass is 796 g/mol. The van der Waals surface area contributed by atoms with Gasteiger partial charge in [0.05, 0.1) is 5.41 Å². The van der Waals surface area contributed by atoms with Crippen LogP contribution in [0.15, 0.2) is 182 Å². The molecule has 0 aromatic heterocycles. The maximum atomic E-state index is 10.6. The van der Waals surface area contributed by atoms with Gasteiger partial charge >= 0.3 is 14.2 Å². The number of nitrogens with zero attached hydrogens (tertiary/aromatic N) is 2. The highest BCUT2D eigenvalue weighted by atomic mass is 16.4. The Labute approximate surface area is 358 Å².